The number of rotatable bonds is 16. The number of nitrogens with zero attached hydrogens (tertiary/aromatic N) is 1. The summed E-state index contributed by atoms with van der Waals surface area (Å²) in [5, 5.41) is 14.8. The molecule has 1 heterocycles. The van der Waals surface area contributed by atoms with E-state index in [1.807, 2.05) is 32.9 Å². The van der Waals surface area contributed by atoms with Gasteiger partial charge in [-0.1, -0.05) is 44.2 Å². The summed E-state index contributed by atoms with van der Waals surface area (Å²) in [6, 6.07) is 11.1. The highest BCUT2D eigenvalue weighted by Gasteiger charge is 2.31. The Balaban J connectivity index is 1.71. The quantitative estimate of drug-likeness (QED) is 0.146. The minimum atomic E-state index is -1.45. The summed E-state index contributed by atoms with van der Waals surface area (Å²) in [6.07, 6.45) is -2.37. The second-order valence-corrected chi connectivity index (χ2v) is 12.9. The normalized spacial score (nSPS) is 15.5. The van der Waals surface area contributed by atoms with Crippen LogP contribution in [0.25, 0.3) is 0 Å². The molecular formula is C36H48N4O11. The minimum absolute atomic E-state index is 0.0200. The topological polar surface area (TPSA) is 213 Å². The van der Waals surface area contributed by atoms with Gasteiger partial charge in [0.2, 0.25) is 18.1 Å². The number of carbonyl (C=O) groups excluding carboxylic acids is 6. The van der Waals surface area contributed by atoms with Crippen LogP contribution >= 0.6 is 0 Å². The van der Waals surface area contributed by atoms with Gasteiger partial charge in [0.15, 0.2) is 6.61 Å². The maximum absolute atomic E-state index is 13.6. The first-order valence-corrected chi connectivity index (χ1v) is 16.8. The van der Waals surface area contributed by atoms with Gasteiger partial charge in [0, 0.05) is 32.4 Å². The predicted octanol–water partition coefficient (Wildman–Crippen LogP) is 2.14. The Kier molecular flexibility index (Phi) is 15.2. The molecule has 0 saturated carbocycles. The van der Waals surface area contributed by atoms with Crippen molar-refractivity contribution in [2.24, 2.45) is 17.6 Å². The van der Waals surface area contributed by atoms with Crippen LogP contribution < -0.4 is 25.8 Å². The fourth-order valence-corrected chi connectivity index (χ4v) is 5.24. The lowest BCUT2D eigenvalue weighted by Crippen LogP contribution is -2.54. The molecule has 2 aromatic carbocycles. The van der Waals surface area contributed by atoms with Crippen LogP contribution in [0.2, 0.25) is 0 Å². The second-order valence-electron chi connectivity index (χ2n) is 12.9. The number of esters is 2. The van der Waals surface area contributed by atoms with Crippen molar-refractivity contribution in [3.8, 4) is 11.5 Å². The van der Waals surface area contributed by atoms with Gasteiger partial charge in [-0.25, -0.2) is 14.4 Å². The molecule has 1 fully saturated rings. The van der Waals surface area contributed by atoms with Crippen LogP contribution in [0.4, 0.5) is 4.79 Å². The number of piperidine rings is 1. The molecule has 0 spiro atoms. The molecule has 4 amide bonds. The number of hydrogen-bond donors (Lipinski definition) is 4. The highest BCUT2D eigenvalue weighted by atomic mass is 16.7. The average Bonchev–Trinajstić information content (AvgIpc) is 3.07. The number of likely N-dealkylation sites (tertiary alicyclic amines) is 1. The Morgan fingerprint density at radius 2 is 1.51 bits per heavy atom. The van der Waals surface area contributed by atoms with Crippen molar-refractivity contribution in [2.75, 3.05) is 19.7 Å². The van der Waals surface area contributed by atoms with Crippen LogP contribution in [-0.2, 0) is 39.9 Å². The van der Waals surface area contributed by atoms with Crippen LogP contribution in [-0.4, -0.2) is 89.9 Å². The predicted molar refractivity (Wildman–Crippen MR) is 183 cm³/mol. The zero-order valence-electron chi connectivity index (χ0n) is 29.6. The average molecular weight is 713 g/mol. The molecule has 1 aliphatic rings. The van der Waals surface area contributed by atoms with E-state index in [4.69, 9.17) is 24.7 Å². The largest absolute Gasteiger partial charge is 0.484 e. The van der Waals surface area contributed by atoms with E-state index in [1.165, 1.54) is 30.9 Å². The molecule has 1 saturated heterocycles. The van der Waals surface area contributed by atoms with E-state index < -0.39 is 60.2 Å². The number of primary amides is 1. The number of aliphatic hydroxyl groups excluding tert-OH is 1. The first-order chi connectivity index (χ1) is 24.1. The third kappa shape index (κ3) is 13.2. The van der Waals surface area contributed by atoms with Crippen molar-refractivity contribution in [1.29, 1.82) is 0 Å². The highest BCUT2D eigenvalue weighted by molar-refractivity contribution is 5.91. The summed E-state index contributed by atoms with van der Waals surface area (Å²) in [4.78, 5) is 77.2. The van der Waals surface area contributed by atoms with Gasteiger partial charge >= 0.3 is 18.0 Å². The Morgan fingerprint density at radius 3 is 2.10 bits per heavy atom. The SMILES string of the molecule is Cc1ccccc1OCC(=O)N[C@@H](CC(C)C)C(=O)N[C@@H](Cc1ccc(OC(=O)N2CCC(C(N)=O)CC2)cc1)C(=O)OC(C)OC(=O)[C@@H](C)O. The van der Waals surface area contributed by atoms with Crippen molar-refractivity contribution < 1.29 is 52.8 Å². The fourth-order valence-electron chi connectivity index (χ4n) is 5.24. The number of benzene rings is 2. The van der Waals surface area contributed by atoms with Crippen molar-refractivity contribution in [1.82, 2.24) is 15.5 Å². The van der Waals surface area contributed by atoms with Crippen LogP contribution in [0, 0.1) is 18.8 Å². The smallest absolute Gasteiger partial charge is 0.415 e. The van der Waals surface area contributed by atoms with Crippen LogP contribution in [0.5, 0.6) is 11.5 Å². The maximum atomic E-state index is 13.6. The van der Waals surface area contributed by atoms with E-state index >= 15 is 0 Å². The number of aryl methyl sites for hydroxylation is 1. The van der Waals surface area contributed by atoms with Crippen molar-refractivity contribution >= 4 is 35.8 Å². The summed E-state index contributed by atoms with van der Waals surface area (Å²) in [7, 11) is 0. The van der Waals surface area contributed by atoms with Gasteiger partial charge in [-0.05, 0) is 68.4 Å². The summed E-state index contributed by atoms with van der Waals surface area (Å²) in [5.74, 6) is -3.09. The Bertz CT molecular complexity index is 1520. The summed E-state index contributed by atoms with van der Waals surface area (Å²) in [6.45, 7) is 8.39. The molecule has 0 aromatic heterocycles. The monoisotopic (exact) mass is 712 g/mol. The molecular weight excluding hydrogens is 664 g/mol. The van der Waals surface area contributed by atoms with Gasteiger partial charge in [-0.15, -0.1) is 0 Å². The standard InChI is InChI=1S/C36H48N4O11/c1-21(2)18-28(38-31(42)20-48-30-9-7-6-8-22(30)3)33(44)39-29(35(46)50-24(5)49-34(45)23(4)41)19-25-10-12-27(13-11-25)51-36(47)40-16-14-26(15-17-40)32(37)43/h6-13,21,23-24,26,28-29,41H,14-20H2,1-5H3,(H2,37,43)(H,38,42)(H,39,44)/t23-,24?,28+,29+/m1/s1. The summed E-state index contributed by atoms with van der Waals surface area (Å²) >= 11 is 0. The molecule has 2 aromatic rings. The molecule has 3 rings (SSSR count). The number of aliphatic hydroxyl groups is 1. The lowest BCUT2D eigenvalue weighted by Gasteiger charge is -2.29. The van der Waals surface area contributed by atoms with Crippen LogP contribution in [0.1, 0.15) is 58.1 Å². The van der Waals surface area contributed by atoms with E-state index in [1.54, 1.807) is 24.3 Å². The van der Waals surface area contributed by atoms with Crippen molar-refractivity contribution in [3.63, 3.8) is 0 Å². The molecule has 1 aliphatic heterocycles. The third-order valence-corrected chi connectivity index (χ3v) is 8.04. The van der Waals surface area contributed by atoms with E-state index in [2.05, 4.69) is 10.6 Å². The number of hydrogen-bond acceptors (Lipinski definition) is 11. The molecule has 278 valence electrons. The van der Waals surface area contributed by atoms with Gasteiger partial charge in [0.25, 0.3) is 5.91 Å². The van der Waals surface area contributed by atoms with Gasteiger partial charge in [-0.2, -0.15) is 0 Å². The summed E-state index contributed by atoms with van der Waals surface area (Å²) < 4.78 is 21.3. The number of para-hydroxylation sites is 1. The minimum Gasteiger partial charge on any atom is -0.484 e. The van der Waals surface area contributed by atoms with E-state index in [0.29, 0.717) is 37.2 Å². The van der Waals surface area contributed by atoms with Gasteiger partial charge in [0.1, 0.15) is 29.7 Å². The van der Waals surface area contributed by atoms with Crippen LogP contribution in [0.3, 0.4) is 0 Å². The molecule has 15 nitrogen and oxygen atoms in total. The lowest BCUT2D eigenvalue weighted by molar-refractivity contribution is -0.191. The van der Waals surface area contributed by atoms with Crippen molar-refractivity contribution in [2.45, 2.75) is 84.8 Å². The lowest BCUT2D eigenvalue weighted by atomic mass is 9.97. The summed E-state index contributed by atoms with van der Waals surface area (Å²) in [5.41, 5.74) is 6.75. The van der Waals surface area contributed by atoms with Gasteiger partial charge < -0.3 is 45.3 Å². The molecule has 4 atom stereocenters. The fraction of sp³-hybridized carbons (Fsp3) is 0.500. The third-order valence-electron chi connectivity index (χ3n) is 8.04. The number of nitrogens with two attached hydrogens (primary N) is 1. The Labute approximate surface area is 297 Å². The zero-order valence-corrected chi connectivity index (χ0v) is 29.6. The first kappa shape index (κ1) is 40.3. The van der Waals surface area contributed by atoms with E-state index in [0.717, 1.165) is 5.56 Å². The number of ether oxygens (including phenoxy) is 4. The van der Waals surface area contributed by atoms with E-state index in [9.17, 15) is 33.9 Å². The maximum Gasteiger partial charge on any atom is 0.415 e. The van der Waals surface area contributed by atoms with Gasteiger partial charge in [-0.3, -0.25) is 14.4 Å². The molecule has 51 heavy (non-hydrogen) atoms. The van der Waals surface area contributed by atoms with Crippen molar-refractivity contribution in [3.05, 3.63) is 59.7 Å². The molecule has 0 radical (unpaired) electrons. The zero-order chi connectivity index (χ0) is 37.7. The van der Waals surface area contributed by atoms with Gasteiger partial charge in [0.05, 0.1) is 0 Å². The molecule has 0 aliphatic carbocycles. The highest BCUT2D eigenvalue weighted by Crippen LogP contribution is 2.20. The Morgan fingerprint density at radius 1 is 0.882 bits per heavy atom. The molecule has 1 unspecified atom stereocenters. The molecule has 5 N–H and O–H groups in total. The van der Waals surface area contributed by atoms with E-state index in [-0.39, 0.29) is 37.0 Å². The number of nitrogens with one attached hydrogen (secondary N) is 2. The second kappa shape index (κ2) is 19.3. The molecule has 15 heteroatoms. The number of carbonyl (C=O) groups is 6. The Hall–Kier alpha value is -5.18. The van der Waals surface area contributed by atoms with Crippen LogP contribution in [0.15, 0.2) is 48.5 Å². The first-order valence-electron chi connectivity index (χ1n) is 16.8. The molecule has 0 bridgehead atoms. The number of amides is 4.